The maximum Gasteiger partial charge on any atom is 0.271 e. The molecule has 0 aliphatic carbocycles. The molecule has 2 aromatic carbocycles. The molecule has 0 spiro atoms. The Balaban J connectivity index is 2.13. The van der Waals surface area contributed by atoms with Gasteiger partial charge in [0.05, 0.1) is 24.5 Å². The lowest BCUT2D eigenvalue weighted by molar-refractivity contribution is 0.0954. The summed E-state index contributed by atoms with van der Waals surface area (Å²) in [5.41, 5.74) is 2.98. The Morgan fingerprint density at radius 1 is 1.23 bits per heavy atom. The van der Waals surface area contributed by atoms with Crippen LogP contribution in [-0.2, 0) is 0 Å². The standard InChI is InChI=1S/C18H18Cl2N2O4/c1-10(2)26-15-5-4-11(7-16(15)25-3)18(24)22-21-9-12-6-13(19)8-14(20)17(12)23/h4-10,23H,1-3H3,(H,22,24)/b21-9+. The van der Waals surface area contributed by atoms with Crippen LogP contribution in [0.25, 0.3) is 0 Å². The quantitative estimate of drug-likeness (QED) is 0.564. The van der Waals surface area contributed by atoms with E-state index in [1.54, 1.807) is 18.2 Å². The predicted molar refractivity (Wildman–Crippen MR) is 102 cm³/mol. The molecule has 6 nitrogen and oxygen atoms in total. The Bertz CT molecular complexity index is 838. The van der Waals surface area contributed by atoms with Crippen LogP contribution in [-0.4, -0.2) is 30.4 Å². The molecule has 2 N–H and O–H groups in total. The zero-order chi connectivity index (χ0) is 19.3. The number of carbonyl (C=O) groups excluding carboxylic acids is 1. The number of aromatic hydroxyl groups is 1. The zero-order valence-corrected chi connectivity index (χ0v) is 15.9. The first-order valence-electron chi connectivity index (χ1n) is 7.68. The average Bonchev–Trinajstić information content (AvgIpc) is 2.58. The maximum atomic E-state index is 12.2. The van der Waals surface area contributed by atoms with Gasteiger partial charge in [0.25, 0.3) is 5.91 Å². The van der Waals surface area contributed by atoms with E-state index in [2.05, 4.69) is 10.5 Å². The van der Waals surface area contributed by atoms with Crippen molar-refractivity contribution in [3.8, 4) is 17.2 Å². The van der Waals surface area contributed by atoms with Crippen LogP contribution in [0.4, 0.5) is 0 Å². The summed E-state index contributed by atoms with van der Waals surface area (Å²) >= 11 is 11.7. The zero-order valence-electron chi connectivity index (χ0n) is 14.4. The van der Waals surface area contributed by atoms with E-state index in [0.717, 1.165) is 0 Å². The highest BCUT2D eigenvalue weighted by molar-refractivity contribution is 6.36. The number of rotatable bonds is 6. The number of halogens is 2. The molecule has 26 heavy (non-hydrogen) atoms. The number of carbonyl (C=O) groups is 1. The van der Waals surface area contributed by atoms with Crippen LogP contribution in [0.3, 0.4) is 0 Å². The molecule has 0 radical (unpaired) electrons. The van der Waals surface area contributed by atoms with Crippen molar-refractivity contribution >= 4 is 35.3 Å². The number of phenols is 1. The molecule has 0 aliphatic heterocycles. The Hall–Kier alpha value is -2.44. The molecule has 0 bridgehead atoms. The average molecular weight is 397 g/mol. The molecule has 1 amide bonds. The van der Waals surface area contributed by atoms with E-state index < -0.39 is 5.91 Å². The minimum absolute atomic E-state index is 0.0228. The monoisotopic (exact) mass is 396 g/mol. The fraction of sp³-hybridized carbons (Fsp3) is 0.222. The first-order valence-corrected chi connectivity index (χ1v) is 8.43. The van der Waals surface area contributed by atoms with Crippen molar-refractivity contribution in [2.75, 3.05) is 7.11 Å². The predicted octanol–water partition coefficient (Wildman–Crippen LogP) is 4.26. The smallest absolute Gasteiger partial charge is 0.271 e. The molecule has 0 atom stereocenters. The number of nitrogens with zero attached hydrogens (tertiary/aromatic N) is 1. The Kier molecular flexibility index (Phi) is 6.71. The van der Waals surface area contributed by atoms with Gasteiger partial charge in [-0.2, -0.15) is 5.10 Å². The van der Waals surface area contributed by atoms with Gasteiger partial charge in [-0.05, 0) is 44.2 Å². The second kappa shape index (κ2) is 8.78. The Morgan fingerprint density at radius 2 is 1.96 bits per heavy atom. The van der Waals surface area contributed by atoms with Crippen molar-refractivity contribution in [3.63, 3.8) is 0 Å². The SMILES string of the molecule is COc1cc(C(=O)N/N=C/c2cc(Cl)cc(Cl)c2O)ccc1OC(C)C. The summed E-state index contributed by atoms with van der Waals surface area (Å²) < 4.78 is 10.9. The van der Waals surface area contributed by atoms with Crippen molar-refractivity contribution in [2.45, 2.75) is 20.0 Å². The molecule has 2 aromatic rings. The minimum atomic E-state index is -0.455. The number of hydrogen-bond donors (Lipinski definition) is 2. The topological polar surface area (TPSA) is 80.2 Å². The second-order valence-corrected chi connectivity index (χ2v) is 6.40. The molecule has 0 unspecified atom stereocenters. The van der Waals surface area contributed by atoms with E-state index in [0.29, 0.717) is 22.1 Å². The van der Waals surface area contributed by atoms with Crippen LogP contribution in [0.15, 0.2) is 35.4 Å². The lowest BCUT2D eigenvalue weighted by Gasteiger charge is -2.14. The van der Waals surface area contributed by atoms with Crippen molar-refractivity contribution < 1.29 is 19.4 Å². The van der Waals surface area contributed by atoms with E-state index in [4.69, 9.17) is 32.7 Å². The number of benzene rings is 2. The van der Waals surface area contributed by atoms with Crippen LogP contribution in [0.2, 0.25) is 10.0 Å². The van der Waals surface area contributed by atoms with Gasteiger partial charge in [-0.3, -0.25) is 4.79 Å². The number of hydrogen-bond acceptors (Lipinski definition) is 5. The third-order valence-corrected chi connectivity index (χ3v) is 3.72. The molecular formula is C18H18Cl2N2O4. The summed E-state index contributed by atoms with van der Waals surface area (Å²) in [4.78, 5) is 12.2. The second-order valence-electron chi connectivity index (χ2n) is 5.56. The summed E-state index contributed by atoms with van der Waals surface area (Å²) in [7, 11) is 1.49. The highest BCUT2D eigenvalue weighted by Gasteiger charge is 2.12. The Morgan fingerprint density at radius 3 is 2.62 bits per heavy atom. The van der Waals surface area contributed by atoms with E-state index in [-0.39, 0.29) is 22.4 Å². The molecule has 0 saturated heterocycles. The van der Waals surface area contributed by atoms with Gasteiger partial charge in [0.1, 0.15) is 5.75 Å². The van der Waals surface area contributed by atoms with Gasteiger partial charge in [-0.1, -0.05) is 23.2 Å². The van der Waals surface area contributed by atoms with Crippen molar-refractivity contribution in [3.05, 3.63) is 51.5 Å². The highest BCUT2D eigenvalue weighted by atomic mass is 35.5. The molecule has 8 heteroatoms. The van der Waals surface area contributed by atoms with Gasteiger partial charge in [-0.15, -0.1) is 0 Å². The third-order valence-electron chi connectivity index (χ3n) is 3.22. The summed E-state index contributed by atoms with van der Waals surface area (Å²) in [6.45, 7) is 3.79. The highest BCUT2D eigenvalue weighted by Crippen LogP contribution is 2.30. The van der Waals surface area contributed by atoms with E-state index in [1.165, 1.54) is 25.5 Å². The summed E-state index contributed by atoms with van der Waals surface area (Å²) in [6.07, 6.45) is 1.23. The normalized spacial score (nSPS) is 11.0. The summed E-state index contributed by atoms with van der Waals surface area (Å²) in [5.74, 6) is 0.352. The van der Waals surface area contributed by atoms with Gasteiger partial charge in [0.15, 0.2) is 11.5 Å². The minimum Gasteiger partial charge on any atom is -0.506 e. The number of nitrogens with one attached hydrogen (secondary N) is 1. The molecule has 2 rings (SSSR count). The van der Waals surface area contributed by atoms with Gasteiger partial charge in [-0.25, -0.2) is 5.43 Å². The van der Waals surface area contributed by atoms with Gasteiger partial charge in [0.2, 0.25) is 0 Å². The van der Waals surface area contributed by atoms with Crippen molar-refractivity contribution in [2.24, 2.45) is 5.10 Å². The first-order chi connectivity index (χ1) is 12.3. The first kappa shape index (κ1) is 19.9. The molecule has 0 heterocycles. The lowest BCUT2D eigenvalue weighted by Crippen LogP contribution is -2.18. The van der Waals surface area contributed by atoms with E-state index >= 15 is 0 Å². The largest absolute Gasteiger partial charge is 0.506 e. The summed E-state index contributed by atoms with van der Waals surface area (Å²) in [6, 6.07) is 7.68. The molecular weight excluding hydrogens is 379 g/mol. The van der Waals surface area contributed by atoms with Crippen molar-refractivity contribution in [1.82, 2.24) is 5.43 Å². The molecule has 0 fully saturated rings. The van der Waals surface area contributed by atoms with Gasteiger partial charge in [0, 0.05) is 16.1 Å². The van der Waals surface area contributed by atoms with Crippen molar-refractivity contribution in [1.29, 1.82) is 0 Å². The number of hydrazone groups is 1. The maximum absolute atomic E-state index is 12.2. The van der Waals surface area contributed by atoms with Crippen LogP contribution in [0.1, 0.15) is 29.8 Å². The summed E-state index contributed by atoms with van der Waals surface area (Å²) in [5, 5.41) is 14.1. The number of phenolic OH excluding ortho intramolecular Hbond substituents is 1. The molecule has 0 aliphatic rings. The number of amides is 1. The van der Waals surface area contributed by atoms with Gasteiger partial charge < -0.3 is 14.6 Å². The number of ether oxygens (including phenoxy) is 2. The van der Waals surface area contributed by atoms with E-state index in [1.807, 2.05) is 13.8 Å². The van der Waals surface area contributed by atoms with Gasteiger partial charge >= 0.3 is 0 Å². The molecule has 0 saturated carbocycles. The van der Waals surface area contributed by atoms with E-state index in [9.17, 15) is 9.90 Å². The fourth-order valence-electron chi connectivity index (χ4n) is 2.07. The lowest BCUT2D eigenvalue weighted by atomic mass is 10.2. The third kappa shape index (κ3) is 5.03. The van der Waals surface area contributed by atoms with Crippen LogP contribution >= 0.6 is 23.2 Å². The fourth-order valence-corrected chi connectivity index (χ4v) is 2.58. The van der Waals surface area contributed by atoms with Crippen LogP contribution in [0, 0.1) is 0 Å². The molecule has 0 aromatic heterocycles. The molecule has 138 valence electrons. The van der Waals surface area contributed by atoms with Crippen LogP contribution in [0.5, 0.6) is 17.2 Å². The Labute approximate surface area is 161 Å². The number of methoxy groups -OCH3 is 1. The van der Waals surface area contributed by atoms with Crippen LogP contribution < -0.4 is 14.9 Å².